The van der Waals surface area contributed by atoms with E-state index >= 15 is 0 Å². The van der Waals surface area contributed by atoms with Crippen LogP contribution in [-0.4, -0.2) is 38.2 Å². The van der Waals surface area contributed by atoms with Crippen molar-refractivity contribution in [2.45, 2.75) is 24.4 Å². The number of nitrogens with one attached hydrogen (secondary N) is 1. The van der Waals surface area contributed by atoms with E-state index in [0.717, 1.165) is 12.1 Å². The Morgan fingerprint density at radius 3 is 2.20 bits per heavy atom. The number of hydrogen-bond acceptors (Lipinski definition) is 4. The second kappa shape index (κ2) is 9.26. The smallest absolute Gasteiger partial charge is 0.333 e. The van der Waals surface area contributed by atoms with Gasteiger partial charge in [0.2, 0.25) is 21.8 Å². The number of rotatable bonds is 7. The van der Waals surface area contributed by atoms with Crippen LogP contribution in [0.25, 0.3) is 0 Å². The summed E-state index contributed by atoms with van der Waals surface area (Å²) in [5.41, 5.74) is -0.881. The van der Waals surface area contributed by atoms with Crippen molar-refractivity contribution in [1.82, 2.24) is 4.90 Å². The van der Waals surface area contributed by atoms with Crippen molar-refractivity contribution >= 4 is 27.5 Å². The Kier molecular flexibility index (Phi) is 7.21. The zero-order valence-electron chi connectivity index (χ0n) is 15.9. The Balaban J connectivity index is 2.04. The Bertz CT molecular complexity index is 1020. The molecule has 0 aliphatic rings. The van der Waals surface area contributed by atoms with Crippen LogP contribution >= 0.6 is 0 Å². The maximum Gasteiger partial charge on any atom is 0.418 e. The highest BCUT2D eigenvalue weighted by molar-refractivity contribution is 7.89. The highest BCUT2D eigenvalue weighted by Crippen LogP contribution is 2.34. The summed E-state index contributed by atoms with van der Waals surface area (Å²) in [6.45, 7) is 1.35. The number of amides is 2. The lowest BCUT2D eigenvalue weighted by Gasteiger charge is -2.21. The zero-order chi connectivity index (χ0) is 22.5. The molecular formula is C19H20F3N3O4S. The number of carbonyl (C=O) groups excluding carboxylic acids is 2. The Hall–Kier alpha value is -2.92. The molecule has 2 rings (SSSR count). The third-order valence-corrected chi connectivity index (χ3v) is 5.11. The predicted molar refractivity (Wildman–Crippen MR) is 104 cm³/mol. The molecule has 2 aromatic carbocycles. The van der Waals surface area contributed by atoms with E-state index in [9.17, 15) is 31.2 Å². The first-order valence-electron chi connectivity index (χ1n) is 8.77. The van der Waals surface area contributed by atoms with Gasteiger partial charge in [0, 0.05) is 6.54 Å². The van der Waals surface area contributed by atoms with Crippen LogP contribution in [0.1, 0.15) is 18.1 Å². The minimum Gasteiger partial charge on any atom is -0.333 e. The fraction of sp³-hybridized carbons (Fsp3) is 0.263. The van der Waals surface area contributed by atoms with Crippen LogP contribution in [0.15, 0.2) is 53.4 Å². The molecule has 2 aromatic rings. The number of nitrogens with two attached hydrogens (primary N) is 1. The van der Waals surface area contributed by atoms with Gasteiger partial charge in [0.05, 0.1) is 29.1 Å². The highest BCUT2D eigenvalue weighted by atomic mass is 32.2. The molecule has 0 aromatic heterocycles. The van der Waals surface area contributed by atoms with E-state index in [2.05, 4.69) is 5.32 Å². The molecule has 0 saturated carbocycles. The summed E-state index contributed by atoms with van der Waals surface area (Å²) in [4.78, 5) is 25.8. The predicted octanol–water partition coefficient (Wildman–Crippen LogP) is 2.38. The van der Waals surface area contributed by atoms with E-state index in [0.29, 0.717) is 5.56 Å². The lowest BCUT2D eigenvalue weighted by atomic mass is 10.1. The third-order valence-electron chi connectivity index (χ3n) is 4.18. The van der Waals surface area contributed by atoms with E-state index in [4.69, 9.17) is 5.14 Å². The number of sulfonamides is 1. The van der Waals surface area contributed by atoms with Crippen molar-refractivity contribution in [3.63, 3.8) is 0 Å². The normalized spacial score (nSPS) is 11.8. The highest BCUT2D eigenvalue weighted by Gasteiger charge is 2.33. The van der Waals surface area contributed by atoms with Gasteiger partial charge < -0.3 is 10.2 Å². The van der Waals surface area contributed by atoms with Crippen LogP contribution in [0.5, 0.6) is 0 Å². The first-order chi connectivity index (χ1) is 13.9. The van der Waals surface area contributed by atoms with Gasteiger partial charge in [-0.15, -0.1) is 0 Å². The summed E-state index contributed by atoms with van der Waals surface area (Å²) >= 11 is 0. The van der Waals surface area contributed by atoms with Gasteiger partial charge in [-0.2, -0.15) is 13.2 Å². The Morgan fingerprint density at radius 2 is 1.67 bits per heavy atom. The quantitative estimate of drug-likeness (QED) is 0.685. The number of likely N-dealkylation sites (N-methyl/N-ethyl adjacent to an activating group) is 1. The van der Waals surface area contributed by atoms with E-state index in [-0.39, 0.29) is 17.9 Å². The number of anilines is 1. The van der Waals surface area contributed by atoms with Crippen molar-refractivity contribution < 1.29 is 31.2 Å². The number of para-hydroxylation sites is 1. The number of carbonyl (C=O) groups is 2. The molecule has 0 unspecified atom stereocenters. The SMILES string of the molecule is CCN(CC(=O)Nc1ccccc1C(F)(F)F)C(=O)Cc1ccc(S(N)(=O)=O)cc1. The van der Waals surface area contributed by atoms with Crippen LogP contribution in [-0.2, 0) is 32.2 Å². The fourth-order valence-electron chi connectivity index (χ4n) is 2.66. The minimum atomic E-state index is -4.63. The maximum absolute atomic E-state index is 13.0. The molecule has 0 heterocycles. The van der Waals surface area contributed by atoms with Gasteiger partial charge in [0.15, 0.2) is 0 Å². The molecule has 0 saturated heterocycles. The van der Waals surface area contributed by atoms with Crippen LogP contribution in [0.2, 0.25) is 0 Å². The molecular weight excluding hydrogens is 423 g/mol. The van der Waals surface area contributed by atoms with Crippen LogP contribution in [0.4, 0.5) is 18.9 Å². The summed E-state index contributed by atoms with van der Waals surface area (Å²) < 4.78 is 61.6. The van der Waals surface area contributed by atoms with Crippen molar-refractivity contribution in [2.24, 2.45) is 5.14 Å². The molecule has 2 amide bonds. The second-order valence-corrected chi connectivity index (χ2v) is 7.93. The molecule has 0 bridgehead atoms. The van der Waals surface area contributed by atoms with Crippen molar-refractivity contribution in [2.75, 3.05) is 18.4 Å². The monoisotopic (exact) mass is 443 g/mol. The molecule has 30 heavy (non-hydrogen) atoms. The van der Waals surface area contributed by atoms with Crippen LogP contribution in [0, 0.1) is 0 Å². The Labute approximate surface area is 171 Å². The number of benzene rings is 2. The molecule has 0 aliphatic carbocycles. The average Bonchev–Trinajstić information content (AvgIpc) is 2.65. The molecule has 0 fully saturated rings. The summed E-state index contributed by atoms with van der Waals surface area (Å²) in [6.07, 6.45) is -4.75. The van der Waals surface area contributed by atoms with E-state index in [1.54, 1.807) is 6.92 Å². The number of halogens is 3. The first kappa shape index (κ1) is 23.4. The molecule has 3 N–H and O–H groups in total. The molecule has 11 heteroatoms. The van der Waals surface area contributed by atoms with Crippen LogP contribution < -0.4 is 10.5 Å². The lowest BCUT2D eigenvalue weighted by molar-refractivity contribution is -0.137. The lowest BCUT2D eigenvalue weighted by Crippen LogP contribution is -2.38. The van der Waals surface area contributed by atoms with Crippen molar-refractivity contribution in [3.05, 3.63) is 59.7 Å². The first-order valence-corrected chi connectivity index (χ1v) is 10.3. The molecule has 0 aliphatic heterocycles. The van der Waals surface area contributed by atoms with Crippen molar-refractivity contribution in [3.8, 4) is 0 Å². The molecule has 0 atom stereocenters. The van der Waals surface area contributed by atoms with Gasteiger partial charge in [-0.05, 0) is 36.8 Å². The second-order valence-electron chi connectivity index (χ2n) is 6.37. The standard InChI is InChI=1S/C19H20F3N3O4S/c1-2-25(18(27)11-13-7-9-14(10-8-13)30(23,28)29)12-17(26)24-16-6-4-3-5-15(16)19(20,21)22/h3-10H,2,11-12H2,1H3,(H,24,26)(H2,23,28,29). The number of alkyl halides is 3. The van der Waals surface area contributed by atoms with Gasteiger partial charge in [-0.25, -0.2) is 13.6 Å². The molecule has 162 valence electrons. The molecule has 7 nitrogen and oxygen atoms in total. The summed E-state index contributed by atoms with van der Waals surface area (Å²) in [6, 6.07) is 9.91. The average molecular weight is 443 g/mol. The molecule has 0 spiro atoms. The number of hydrogen-bond donors (Lipinski definition) is 2. The summed E-state index contributed by atoms with van der Waals surface area (Å²) in [5, 5.41) is 7.21. The van der Waals surface area contributed by atoms with Gasteiger partial charge in [-0.1, -0.05) is 24.3 Å². The van der Waals surface area contributed by atoms with Gasteiger partial charge >= 0.3 is 6.18 Å². The van der Waals surface area contributed by atoms with E-state index in [1.165, 1.54) is 41.3 Å². The zero-order valence-corrected chi connectivity index (χ0v) is 16.8. The topological polar surface area (TPSA) is 110 Å². The maximum atomic E-state index is 13.0. The van der Waals surface area contributed by atoms with Gasteiger partial charge in [0.25, 0.3) is 0 Å². The van der Waals surface area contributed by atoms with E-state index < -0.39 is 45.8 Å². The fourth-order valence-corrected chi connectivity index (χ4v) is 3.18. The third kappa shape index (κ3) is 6.29. The number of nitrogens with zero attached hydrogens (tertiary/aromatic N) is 1. The summed E-state index contributed by atoms with van der Waals surface area (Å²) in [5.74, 6) is -1.22. The Morgan fingerprint density at radius 1 is 1.07 bits per heavy atom. The summed E-state index contributed by atoms with van der Waals surface area (Å²) in [7, 11) is -3.86. The van der Waals surface area contributed by atoms with Gasteiger partial charge in [0.1, 0.15) is 0 Å². The van der Waals surface area contributed by atoms with Crippen molar-refractivity contribution in [1.29, 1.82) is 0 Å². The van der Waals surface area contributed by atoms with E-state index in [1.807, 2.05) is 0 Å². The van der Waals surface area contributed by atoms with Gasteiger partial charge in [-0.3, -0.25) is 9.59 Å². The van der Waals surface area contributed by atoms with Crippen LogP contribution in [0.3, 0.4) is 0 Å². The minimum absolute atomic E-state index is 0.103. The molecule has 0 radical (unpaired) electrons. The number of primary sulfonamides is 1. The largest absolute Gasteiger partial charge is 0.418 e.